The van der Waals surface area contributed by atoms with Crippen LogP contribution in [0.15, 0.2) is 31.2 Å². The van der Waals surface area contributed by atoms with Gasteiger partial charge in [0.1, 0.15) is 0 Å². The molecule has 0 spiro atoms. The van der Waals surface area contributed by atoms with Gasteiger partial charge in [0.05, 0.1) is 17.9 Å². The Balaban J connectivity index is 2.72. The molecule has 0 saturated heterocycles. The molecule has 4 heteroatoms. The molecule has 0 aromatic carbocycles. The second-order valence-corrected chi connectivity index (χ2v) is 2.37. The van der Waals surface area contributed by atoms with Crippen LogP contribution in [0.3, 0.4) is 0 Å². The SMILES string of the molecule is C=CCC(NN)c1cnccn1. The molecule has 1 atom stereocenters. The Hall–Kier alpha value is -1.26. The van der Waals surface area contributed by atoms with Crippen molar-refractivity contribution in [3.05, 3.63) is 36.9 Å². The zero-order chi connectivity index (χ0) is 8.81. The summed E-state index contributed by atoms with van der Waals surface area (Å²) in [6, 6.07) is 0.0104. The zero-order valence-corrected chi connectivity index (χ0v) is 6.77. The predicted octanol–water partition coefficient (Wildman–Crippen LogP) is 0.557. The Labute approximate surface area is 71.5 Å². The second kappa shape index (κ2) is 4.58. The van der Waals surface area contributed by atoms with Crippen molar-refractivity contribution in [1.29, 1.82) is 0 Å². The largest absolute Gasteiger partial charge is 0.271 e. The molecule has 0 amide bonds. The highest BCUT2D eigenvalue weighted by atomic mass is 15.2. The Morgan fingerprint density at radius 2 is 2.50 bits per heavy atom. The molecule has 3 N–H and O–H groups in total. The summed E-state index contributed by atoms with van der Waals surface area (Å²) in [6.07, 6.45) is 7.50. The van der Waals surface area contributed by atoms with Crippen LogP contribution in [-0.2, 0) is 0 Å². The zero-order valence-electron chi connectivity index (χ0n) is 6.77. The highest BCUT2D eigenvalue weighted by Crippen LogP contribution is 2.11. The molecule has 1 unspecified atom stereocenters. The summed E-state index contributed by atoms with van der Waals surface area (Å²) in [7, 11) is 0. The molecular formula is C8H12N4. The molecular weight excluding hydrogens is 152 g/mol. The van der Waals surface area contributed by atoms with E-state index in [0.717, 1.165) is 12.1 Å². The lowest BCUT2D eigenvalue weighted by Gasteiger charge is -2.11. The van der Waals surface area contributed by atoms with E-state index in [0.29, 0.717) is 0 Å². The summed E-state index contributed by atoms with van der Waals surface area (Å²) in [6.45, 7) is 3.63. The molecule has 1 heterocycles. The molecule has 1 rings (SSSR count). The fraction of sp³-hybridized carbons (Fsp3) is 0.250. The molecule has 12 heavy (non-hydrogen) atoms. The number of nitrogens with one attached hydrogen (secondary N) is 1. The molecule has 0 aliphatic carbocycles. The Morgan fingerprint density at radius 1 is 1.67 bits per heavy atom. The van der Waals surface area contributed by atoms with Crippen LogP contribution < -0.4 is 11.3 Å². The van der Waals surface area contributed by atoms with Crippen molar-refractivity contribution in [2.24, 2.45) is 5.84 Å². The van der Waals surface area contributed by atoms with E-state index >= 15 is 0 Å². The van der Waals surface area contributed by atoms with Crippen LogP contribution >= 0.6 is 0 Å². The van der Waals surface area contributed by atoms with Crippen molar-refractivity contribution in [1.82, 2.24) is 15.4 Å². The number of nitrogens with zero attached hydrogens (tertiary/aromatic N) is 2. The molecule has 1 aromatic heterocycles. The minimum absolute atomic E-state index is 0.0104. The number of hydrazine groups is 1. The van der Waals surface area contributed by atoms with E-state index in [1.807, 2.05) is 0 Å². The molecule has 0 bridgehead atoms. The van der Waals surface area contributed by atoms with E-state index in [4.69, 9.17) is 5.84 Å². The average molecular weight is 164 g/mol. The van der Waals surface area contributed by atoms with Crippen LogP contribution in [0.25, 0.3) is 0 Å². The average Bonchev–Trinajstić information content (AvgIpc) is 2.15. The molecule has 0 aliphatic heterocycles. The van der Waals surface area contributed by atoms with E-state index in [-0.39, 0.29) is 6.04 Å². The maximum absolute atomic E-state index is 5.33. The van der Waals surface area contributed by atoms with Gasteiger partial charge in [0.15, 0.2) is 0 Å². The van der Waals surface area contributed by atoms with Crippen LogP contribution in [-0.4, -0.2) is 9.97 Å². The van der Waals surface area contributed by atoms with Gasteiger partial charge in [-0.25, -0.2) is 0 Å². The van der Waals surface area contributed by atoms with Gasteiger partial charge in [-0.15, -0.1) is 6.58 Å². The van der Waals surface area contributed by atoms with Crippen molar-refractivity contribution in [2.75, 3.05) is 0 Å². The lowest BCUT2D eigenvalue weighted by Crippen LogP contribution is -2.28. The van der Waals surface area contributed by atoms with Gasteiger partial charge in [0.2, 0.25) is 0 Å². The summed E-state index contributed by atoms with van der Waals surface area (Å²) in [5.74, 6) is 5.33. The first-order chi connectivity index (χ1) is 5.88. The number of aromatic nitrogens is 2. The number of hydrogen-bond acceptors (Lipinski definition) is 4. The normalized spacial score (nSPS) is 12.4. The highest BCUT2D eigenvalue weighted by molar-refractivity contribution is 5.03. The van der Waals surface area contributed by atoms with Gasteiger partial charge in [0, 0.05) is 12.4 Å². The van der Waals surface area contributed by atoms with Crippen LogP contribution in [0.2, 0.25) is 0 Å². The molecule has 0 aliphatic rings. The van der Waals surface area contributed by atoms with Gasteiger partial charge in [0.25, 0.3) is 0 Å². The van der Waals surface area contributed by atoms with Gasteiger partial charge >= 0.3 is 0 Å². The van der Waals surface area contributed by atoms with Gasteiger partial charge in [-0.3, -0.25) is 21.2 Å². The van der Waals surface area contributed by atoms with E-state index in [2.05, 4.69) is 22.0 Å². The lowest BCUT2D eigenvalue weighted by molar-refractivity contribution is 0.545. The third-order valence-corrected chi connectivity index (χ3v) is 1.54. The Morgan fingerprint density at radius 3 is 3.00 bits per heavy atom. The smallest absolute Gasteiger partial charge is 0.0772 e. The predicted molar refractivity (Wildman–Crippen MR) is 46.9 cm³/mol. The monoisotopic (exact) mass is 164 g/mol. The Bertz CT molecular complexity index is 234. The van der Waals surface area contributed by atoms with Crippen LogP contribution in [0.5, 0.6) is 0 Å². The van der Waals surface area contributed by atoms with Crippen molar-refractivity contribution < 1.29 is 0 Å². The fourth-order valence-corrected chi connectivity index (χ4v) is 0.931. The maximum atomic E-state index is 5.33. The first-order valence-electron chi connectivity index (χ1n) is 3.71. The summed E-state index contributed by atoms with van der Waals surface area (Å²) in [5.41, 5.74) is 3.48. The highest BCUT2D eigenvalue weighted by Gasteiger charge is 2.07. The number of hydrogen-bond donors (Lipinski definition) is 2. The minimum Gasteiger partial charge on any atom is -0.271 e. The quantitative estimate of drug-likeness (QED) is 0.387. The lowest BCUT2D eigenvalue weighted by atomic mass is 10.1. The van der Waals surface area contributed by atoms with E-state index in [9.17, 15) is 0 Å². The van der Waals surface area contributed by atoms with Crippen molar-refractivity contribution in [3.63, 3.8) is 0 Å². The van der Waals surface area contributed by atoms with Crippen LogP contribution in [0.1, 0.15) is 18.2 Å². The first-order valence-corrected chi connectivity index (χ1v) is 3.71. The summed E-state index contributed by atoms with van der Waals surface area (Å²) < 4.78 is 0. The summed E-state index contributed by atoms with van der Waals surface area (Å²) in [4.78, 5) is 8.06. The molecule has 0 radical (unpaired) electrons. The van der Waals surface area contributed by atoms with Gasteiger partial charge in [-0.2, -0.15) is 0 Å². The van der Waals surface area contributed by atoms with Crippen LogP contribution in [0.4, 0.5) is 0 Å². The van der Waals surface area contributed by atoms with Crippen LogP contribution in [0, 0.1) is 0 Å². The molecule has 0 fully saturated rings. The Kier molecular flexibility index (Phi) is 3.37. The van der Waals surface area contributed by atoms with Gasteiger partial charge < -0.3 is 0 Å². The van der Waals surface area contributed by atoms with Gasteiger partial charge in [-0.05, 0) is 6.42 Å². The van der Waals surface area contributed by atoms with Crippen molar-refractivity contribution >= 4 is 0 Å². The number of nitrogens with two attached hydrogens (primary N) is 1. The first kappa shape index (κ1) is 8.83. The molecule has 4 nitrogen and oxygen atoms in total. The topological polar surface area (TPSA) is 63.8 Å². The molecule has 1 aromatic rings. The van der Waals surface area contributed by atoms with Gasteiger partial charge in [-0.1, -0.05) is 6.08 Å². The van der Waals surface area contributed by atoms with Crippen molar-refractivity contribution in [2.45, 2.75) is 12.5 Å². The van der Waals surface area contributed by atoms with E-state index in [1.54, 1.807) is 24.7 Å². The number of rotatable bonds is 4. The molecule has 0 saturated carbocycles. The van der Waals surface area contributed by atoms with E-state index in [1.165, 1.54) is 0 Å². The third-order valence-electron chi connectivity index (χ3n) is 1.54. The second-order valence-electron chi connectivity index (χ2n) is 2.37. The van der Waals surface area contributed by atoms with Crippen molar-refractivity contribution in [3.8, 4) is 0 Å². The summed E-state index contributed by atoms with van der Waals surface area (Å²) in [5, 5.41) is 0. The third kappa shape index (κ3) is 2.11. The summed E-state index contributed by atoms with van der Waals surface area (Å²) >= 11 is 0. The standard InChI is InChI=1S/C8H12N4/c1-2-3-7(12-9)8-6-10-4-5-11-8/h2,4-7,12H,1,3,9H2. The minimum atomic E-state index is 0.0104. The fourth-order valence-electron chi connectivity index (χ4n) is 0.931. The maximum Gasteiger partial charge on any atom is 0.0772 e. The van der Waals surface area contributed by atoms with E-state index < -0.39 is 0 Å². The molecule has 64 valence electrons.